The standard InChI is InChI=1S/C27H29ClF2O6S/c1-14-9-16-17-11-19(29)18-10-15(31)6-7-24(18,2)26(17,30)21(32)12-25(16,3)27(14,23(34)37-13-28)36-22(33)20-5-4-8-35-20/h4-8,10,14,16-17,19,21,32H,9,11-13H2,1-3H3. The van der Waals surface area contributed by atoms with Crippen molar-refractivity contribution in [2.24, 2.45) is 28.6 Å². The summed E-state index contributed by atoms with van der Waals surface area (Å²) in [5.74, 6) is -3.56. The number of aliphatic hydroxyl groups is 1. The van der Waals surface area contributed by atoms with Gasteiger partial charge in [-0.25, -0.2) is 13.6 Å². The van der Waals surface area contributed by atoms with Crippen LogP contribution in [0.3, 0.4) is 0 Å². The van der Waals surface area contributed by atoms with Gasteiger partial charge in [-0.05, 0) is 62.0 Å². The quantitative estimate of drug-likeness (QED) is 0.404. The molecule has 37 heavy (non-hydrogen) atoms. The van der Waals surface area contributed by atoms with E-state index in [0.717, 1.165) is 17.8 Å². The van der Waals surface area contributed by atoms with Gasteiger partial charge in [-0.1, -0.05) is 31.7 Å². The van der Waals surface area contributed by atoms with E-state index in [1.54, 1.807) is 13.8 Å². The van der Waals surface area contributed by atoms with Crippen LogP contribution in [-0.2, 0) is 14.3 Å². The Morgan fingerprint density at radius 2 is 2.03 bits per heavy atom. The molecule has 3 saturated carbocycles. The first-order valence-corrected chi connectivity index (χ1v) is 13.8. The van der Waals surface area contributed by atoms with Gasteiger partial charge in [0, 0.05) is 22.7 Å². The maximum Gasteiger partial charge on any atom is 0.375 e. The Labute approximate surface area is 222 Å². The largest absolute Gasteiger partial charge is 0.457 e. The minimum absolute atomic E-state index is 0.0248. The molecule has 9 unspecified atom stereocenters. The van der Waals surface area contributed by atoms with Crippen LogP contribution in [0.2, 0.25) is 0 Å². The summed E-state index contributed by atoms with van der Waals surface area (Å²) in [5.41, 5.74) is -6.80. The second kappa shape index (κ2) is 8.78. The highest BCUT2D eigenvalue weighted by atomic mass is 35.5. The first-order valence-electron chi connectivity index (χ1n) is 12.3. The molecule has 1 heterocycles. The van der Waals surface area contributed by atoms with Gasteiger partial charge in [0.2, 0.25) is 10.9 Å². The van der Waals surface area contributed by atoms with Crippen LogP contribution in [-0.4, -0.2) is 50.7 Å². The number of ether oxygens (including phenoxy) is 1. The summed E-state index contributed by atoms with van der Waals surface area (Å²) >= 11 is 6.70. The van der Waals surface area contributed by atoms with E-state index in [4.69, 9.17) is 20.8 Å². The highest BCUT2D eigenvalue weighted by molar-refractivity contribution is 8.14. The molecule has 0 saturated heterocycles. The Kier molecular flexibility index (Phi) is 6.32. The fourth-order valence-corrected chi connectivity index (χ4v) is 9.05. The van der Waals surface area contributed by atoms with Crippen LogP contribution in [0.1, 0.15) is 50.6 Å². The SMILES string of the molecule is CC1CC2C3CC(F)C4=CC(=O)C=CC4(C)C3(F)C(O)CC2(C)C1(OC(=O)c1ccco1)C(=O)SCCl. The lowest BCUT2D eigenvalue weighted by atomic mass is 9.44. The van der Waals surface area contributed by atoms with Crippen molar-refractivity contribution >= 4 is 40.2 Å². The number of carbonyl (C=O) groups is 3. The van der Waals surface area contributed by atoms with Crippen LogP contribution in [0, 0.1) is 28.6 Å². The van der Waals surface area contributed by atoms with Crippen molar-refractivity contribution in [2.75, 3.05) is 5.21 Å². The monoisotopic (exact) mass is 554 g/mol. The average molecular weight is 555 g/mol. The van der Waals surface area contributed by atoms with Crippen molar-refractivity contribution in [2.45, 2.75) is 63.6 Å². The smallest absolute Gasteiger partial charge is 0.375 e. The number of hydrogen-bond donors (Lipinski definition) is 1. The molecule has 9 atom stereocenters. The van der Waals surface area contributed by atoms with Crippen LogP contribution in [0.25, 0.3) is 0 Å². The van der Waals surface area contributed by atoms with Crippen molar-refractivity contribution < 1.29 is 37.4 Å². The number of rotatable bonds is 4. The third kappa shape index (κ3) is 3.35. The summed E-state index contributed by atoms with van der Waals surface area (Å²) in [6.07, 6.45) is 1.59. The minimum atomic E-state index is -2.30. The van der Waals surface area contributed by atoms with E-state index in [2.05, 4.69) is 0 Å². The predicted molar refractivity (Wildman–Crippen MR) is 133 cm³/mol. The van der Waals surface area contributed by atoms with Crippen LogP contribution in [0.5, 0.6) is 0 Å². The molecule has 0 aliphatic heterocycles. The lowest BCUT2D eigenvalue weighted by molar-refractivity contribution is -0.221. The van der Waals surface area contributed by atoms with Crippen molar-refractivity contribution in [1.82, 2.24) is 0 Å². The van der Waals surface area contributed by atoms with Gasteiger partial charge >= 0.3 is 5.97 Å². The van der Waals surface area contributed by atoms with E-state index in [9.17, 15) is 19.5 Å². The van der Waals surface area contributed by atoms with E-state index >= 15 is 8.78 Å². The molecule has 0 bridgehead atoms. The Morgan fingerprint density at radius 3 is 2.68 bits per heavy atom. The number of halogens is 3. The Balaban J connectivity index is 1.64. The van der Waals surface area contributed by atoms with Gasteiger partial charge in [0.1, 0.15) is 6.17 Å². The maximum absolute atomic E-state index is 17.4. The van der Waals surface area contributed by atoms with E-state index < -0.39 is 69.0 Å². The Bertz CT molecular complexity index is 1200. The van der Waals surface area contributed by atoms with Crippen molar-refractivity contribution in [3.05, 3.63) is 48.0 Å². The van der Waals surface area contributed by atoms with E-state index in [1.165, 1.54) is 37.5 Å². The summed E-state index contributed by atoms with van der Waals surface area (Å²) in [5, 5.41) is 10.9. The van der Waals surface area contributed by atoms with Crippen LogP contribution in [0.15, 0.2) is 46.6 Å². The number of furan rings is 1. The van der Waals surface area contributed by atoms with Crippen LogP contribution >= 0.6 is 23.4 Å². The van der Waals surface area contributed by atoms with Crippen molar-refractivity contribution in [3.8, 4) is 0 Å². The van der Waals surface area contributed by atoms with E-state index in [0.29, 0.717) is 0 Å². The molecule has 4 aliphatic carbocycles. The van der Waals surface area contributed by atoms with Gasteiger partial charge in [-0.15, -0.1) is 11.6 Å². The van der Waals surface area contributed by atoms with E-state index in [-0.39, 0.29) is 35.8 Å². The molecule has 0 spiro atoms. The first kappa shape index (κ1) is 26.6. The molecule has 6 nitrogen and oxygen atoms in total. The lowest BCUT2D eigenvalue weighted by Crippen LogP contribution is -2.70. The number of thioether (sulfide) groups is 1. The van der Waals surface area contributed by atoms with Crippen molar-refractivity contribution in [1.29, 1.82) is 0 Å². The molecule has 0 aromatic carbocycles. The number of carbonyl (C=O) groups excluding carboxylic acids is 3. The summed E-state index contributed by atoms with van der Waals surface area (Å²) in [7, 11) is 0. The third-order valence-electron chi connectivity index (χ3n) is 9.63. The number of ketones is 1. The van der Waals surface area contributed by atoms with Crippen LogP contribution in [0.4, 0.5) is 8.78 Å². The third-order valence-corrected chi connectivity index (χ3v) is 10.6. The Hall–Kier alpha value is -1.97. The fourth-order valence-electron chi connectivity index (χ4n) is 7.97. The molecule has 1 aromatic rings. The van der Waals surface area contributed by atoms with Gasteiger partial charge < -0.3 is 14.3 Å². The summed E-state index contributed by atoms with van der Waals surface area (Å²) in [6.45, 7) is 4.98. The number of esters is 1. The minimum Gasteiger partial charge on any atom is -0.457 e. The van der Waals surface area contributed by atoms with Gasteiger partial charge in [0.25, 0.3) is 0 Å². The topological polar surface area (TPSA) is 93.8 Å². The molecular formula is C27H29ClF2O6S. The average Bonchev–Trinajstić information content (AvgIpc) is 3.45. The highest BCUT2D eigenvalue weighted by Gasteiger charge is 2.78. The molecule has 3 fully saturated rings. The molecule has 1 N–H and O–H groups in total. The first-order chi connectivity index (χ1) is 17.4. The maximum atomic E-state index is 17.4. The molecule has 0 amide bonds. The van der Waals surface area contributed by atoms with Gasteiger partial charge in [0.15, 0.2) is 17.1 Å². The highest BCUT2D eigenvalue weighted by Crippen LogP contribution is 2.72. The molecule has 10 heteroatoms. The zero-order valence-electron chi connectivity index (χ0n) is 20.7. The molecule has 0 radical (unpaired) electrons. The van der Waals surface area contributed by atoms with E-state index in [1.807, 2.05) is 0 Å². The van der Waals surface area contributed by atoms with Crippen LogP contribution < -0.4 is 0 Å². The molecule has 1 aromatic heterocycles. The second-order valence-electron chi connectivity index (χ2n) is 11.1. The molecule has 4 aliphatic rings. The van der Waals surface area contributed by atoms with Gasteiger partial charge in [-0.2, -0.15) is 0 Å². The zero-order valence-corrected chi connectivity index (χ0v) is 22.3. The fraction of sp³-hybridized carbons (Fsp3) is 0.593. The number of alkyl halides is 3. The molecular weight excluding hydrogens is 526 g/mol. The Morgan fingerprint density at radius 1 is 1.30 bits per heavy atom. The number of fused-ring (bicyclic) bond motifs is 5. The molecule has 200 valence electrons. The number of hydrogen-bond acceptors (Lipinski definition) is 7. The van der Waals surface area contributed by atoms with Gasteiger partial charge in [0.05, 0.1) is 17.6 Å². The predicted octanol–water partition coefficient (Wildman–Crippen LogP) is 5.20. The van der Waals surface area contributed by atoms with Crippen molar-refractivity contribution in [3.63, 3.8) is 0 Å². The van der Waals surface area contributed by atoms with Gasteiger partial charge in [-0.3, -0.25) is 9.59 Å². The second-order valence-corrected chi connectivity index (χ2v) is 12.7. The zero-order chi connectivity index (χ0) is 27.0. The number of allylic oxidation sites excluding steroid dienone is 4. The summed E-state index contributed by atoms with van der Waals surface area (Å²) < 4.78 is 44.3. The lowest BCUT2D eigenvalue weighted by Gasteiger charge is -2.63. The summed E-state index contributed by atoms with van der Waals surface area (Å²) in [4.78, 5) is 38.9. The number of aliphatic hydroxyl groups excluding tert-OH is 1. The normalized spacial score (nSPS) is 44.5. The molecule has 5 rings (SSSR count). The summed E-state index contributed by atoms with van der Waals surface area (Å²) in [6, 6.07) is 2.93.